The molecule has 4 aromatic rings. The van der Waals surface area contributed by atoms with Crippen molar-refractivity contribution in [1.82, 2.24) is 14.9 Å². The molecular formula is C30H28ClF3N8O. The SMILES string of the molecule is CCN1CCN(c2ccc3nc(C4(c5ccc(NC(=O)Nc6ccc(Cl)c(C(F)(F)F)c6)cc5)C=CN=N4)[nH]c3c2)CC1. The number of amides is 2. The van der Waals surface area contributed by atoms with Gasteiger partial charge < -0.3 is 25.4 Å². The van der Waals surface area contributed by atoms with Crippen molar-refractivity contribution in [2.24, 2.45) is 10.2 Å². The fourth-order valence-corrected chi connectivity index (χ4v) is 5.56. The van der Waals surface area contributed by atoms with E-state index in [2.05, 4.69) is 54.7 Å². The lowest BCUT2D eigenvalue weighted by Crippen LogP contribution is -2.46. The highest BCUT2D eigenvalue weighted by molar-refractivity contribution is 6.31. The first kappa shape index (κ1) is 28.7. The topological polar surface area (TPSA) is 101 Å². The summed E-state index contributed by atoms with van der Waals surface area (Å²) in [5, 5.41) is 13.2. The first-order chi connectivity index (χ1) is 20.6. The van der Waals surface area contributed by atoms with E-state index in [-0.39, 0.29) is 5.69 Å². The number of aromatic nitrogens is 2. The highest BCUT2D eigenvalue weighted by atomic mass is 35.5. The fourth-order valence-electron chi connectivity index (χ4n) is 5.33. The van der Waals surface area contributed by atoms with Crippen LogP contribution in [-0.4, -0.2) is 53.6 Å². The van der Waals surface area contributed by atoms with E-state index >= 15 is 0 Å². The molecule has 1 saturated heterocycles. The summed E-state index contributed by atoms with van der Waals surface area (Å²) < 4.78 is 39.5. The summed E-state index contributed by atoms with van der Waals surface area (Å²) in [4.78, 5) is 25.6. The van der Waals surface area contributed by atoms with Crippen LogP contribution in [0.2, 0.25) is 5.02 Å². The number of aromatic amines is 1. The Morgan fingerprint density at radius 3 is 2.40 bits per heavy atom. The molecule has 1 aromatic heterocycles. The number of carbonyl (C=O) groups excluding carboxylic acids is 1. The third-order valence-electron chi connectivity index (χ3n) is 7.72. The van der Waals surface area contributed by atoms with Crippen molar-refractivity contribution in [3.8, 4) is 0 Å². The Hall–Kier alpha value is -4.42. The maximum atomic E-state index is 13.2. The van der Waals surface area contributed by atoms with E-state index in [1.165, 1.54) is 6.07 Å². The molecule has 2 aliphatic rings. The number of carbonyl (C=O) groups is 1. The van der Waals surface area contributed by atoms with Gasteiger partial charge in [-0.25, -0.2) is 9.78 Å². The molecule has 2 aliphatic heterocycles. The number of piperazine rings is 1. The van der Waals surface area contributed by atoms with E-state index in [1.807, 2.05) is 12.1 Å². The number of anilines is 3. The van der Waals surface area contributed by atoms with E-state index in [9.17, 15) is 18.0 Å². The summed E-state index contributed by atoms with van der Waals surface area (Å²) in [6.45, 7) is 7.23. The molecule has 0 bridgehead atoms. The van der Waals surface area contributed by atoms with Crippen LogP contribution >= 0.6 is 11.6 Å². The van der Waals surface area contributed by atoms with E-state index < -0.39 is 28.3 Å². The number of urea groups is 1. The number of halogens is 4. The van der Waals surface area contributed by atoms with Gasteiger partial charge in [0.1, 0.15) is 5.82 Å². The van der Waals surface area contributed by atoms with Crippen molar-refractivity contribution in [1.29, 1.82) is 0 Å². The molecule has 1 atom stereocenters. The summed E-state index contributed by atoms with van der Waals surface area (Å²) in [5.74, 6) is 0.606. The Morgan fingerprint density at radius 1 is 1.00 bits per heavy atom. The van der Waals surface area contributed by atoms with Gasteiger partial charge in [-0.3, -0.25) is 0 Å². The molecule has 2 amide bonds. The molecule has 0 saturated carbocycles. The predicted molar refractivity (Wildman–Crippen MR) is 161 cm³/mol. The molecule has 13 heteroatoms. The summed E-state index contributed by atoms with van der Waals surface area (Å²) >= 11 is 5.66. The number of rotatable bonds is 6. The Bertz CT molecular complexity index is 1700. The minimum Gasteiger partial charge on any atom is -0.369 e. The number of nitrogens with zero attached hydrogens (tertiary/aromatic N) is 5. The highest BCUT2D eigenvalue weighted by Gasteiger charge is 2.38. The average Bonchev–Trinajstić information content (AvgIpc) is 3.66. The van der Waals surface area contributed by atoms with Crippen LogP contribution in [0, 0.1) is 0 Å². The third-order valence-corrected chi connectivity index (χ3v) is 8.05. The summed E-state index contributed by atoms with van der Waals surface area (Å²) in [7, 11) is 0. The number of azo groups is 1. The highest BCUT2D eigenvalue weighted by Crippen LogP contribution is 2.39. The number of imidazole rings is 1. The molecule has 3 N–H and O–H groups in total. The van der Waals surface area contributed by atoms with Crippen molar-refractivity contribution in [3.63, 3.8) is 0 Å². The summed E-state index contributed by atoms with van der Waals surface area (Å²) in [6, 6.07) is 15.6. The van der Waals surface area contributed by atoms with Gasteiger partial charge in [-0.05, 0) is 66.7 Å². The third kappa shape index (κ3) is 5.80. The van der Waals surface area contributed by atoms with Gasteiger partial charge >= 0.3 is 12.2 Å². The lowest BCUT2D eigenvalue weighted by Gasteiger charge is -2.35. The molecule has 1 unspecified atom stereocenters. The largest absolute Gasteiger partial charge is 0.417 e. The first-order valence-electron chi connectivity index (χ1n) is 13.8. The molecular weight excluding hydrogens is 581 g/mol. The van der Waals surface area contributed by atoms with Gasteiger partial charge in [-0.15, -0.1) is 0 Å². The van der Waals surface area contributed by atoms with Crippen molar-refractivity contribution >= 4 is 45.7 Å². The maximum absolute atomic E-state index is 13.2. The van der Waals surface area contributed by atoms with Crippen LogP contribution in [-0.2, 0) is 11.7 Å². The monoisotopic (exact) mass is 608 g/mol. The smallest absolute Gasteiger partial charge is 0.369 e. The standard InChI is InChI=1S/C30H28ClF3N8O/c1-2-41-13-15-42(16-14-41)22-8-10-25-26(18-22)39-27(38-25)29(11-12-35-40-29)19-3-5-20(6-4-19)36-28(43)37-21-7-9-24(31)23(17-21)30(32,33)34/h3-12,17-18H,2,13-16H2,1H3,(H,38,39)(H2,36,37,43). The Balaban J connectivity index is 1.19. The van der Waals surface area contributed by atoms with Crippen molar-refractivity contribution < 1.29 is 18.0 Å². The van der Waals surface area contributed by atoms with Gasteiger partial charge in [-0.1, -0.05) is 30.7 Å². The number of hydrogen-bond acceptors (Lipinski definition) is 6. The van der Waals surface area contributed by atoms with Gasteiger partial charge in [0.05, 0.1) is 21.6 Å². The van der Waals surface area contributed by atoms with E-state index in [4.69, 9.17) is 16.6 Å². The van der Waals surface area contributed by atoms with Crippen molar-refractivity contribution in [2.45, 2.75) is 18.6 Å². The molecule has 6 rings (SSSR count). The Kier molecular flexibility index (Phi) is 7.57. The number of alkyl halides is 3. The summed E-state index contributed by atoms with van der Waals surface area (Å²) in [6.07, 6.45) is -1.17. The number of nitrogens with one attached hydrogen (secondary N) is 3. The molecule has 0 spiro atoms. The molecule has 9 nitrogen and oxygen atoms in total. The summed E-state index contributed by atoms with van der Waals surface area (Å²) in [5.41, 5.74) is 1.98. The van der Waals surface area contributed by atoms with Crippen molar-refractivity contribution in [2.75, 3.05) is 48.3 Å². The van der Waals surface area contributed by atoms with Gasteiger partial charge in [-0.2, -0.15) is 23.4 Å². The minimum absolute atomic E-state index is 0.0439. The molecule has 0 radical (unpaired) electrons. The molecule has 222 valence electrons. The maximum Gasteiger partial charge on any atom is 0.417 e. The van der Waals surface area contributed by atoms with Crippen LogP contribution in [0.1, 0.15) is 23.9 Å². The number of fused-ring (bicyclic) bond motifs is 1. The van der Waals surface area contributed by atoms with Gasteiger partial charge in [0, 0.05) is 49.4 Å². The number of H-pyrrole nitrogens is 1. The fraction of sp³-hybridized carbons (Fsp3) is 0.267. The molecule has 0 aliphatic carbocycles. The lowest BCUT2D eigenvalue weighted by atomic mass is 9.90. The minimum atomic E-state index is -4.64. The Morgan fingerprint density at radius 2 is 1.72 bits per heavy atom. The number of likely N-dealkylation sites (N-methyl/N-ethyl adjacent to an activating group) is 1. The number of hydrogen-bond donors (Lipinski definition) is 3. The van der Waals surface area contributed by atoms with Crippen LogP contribution in [0.25, 0.3) is 11.0 Å². The molecule has 43 heavy (non-hydrogen) atoms. The zero-order valence-electron chi connectivity index (χ0n) is 23.1. The average molecular weight is 609 g/mol. The van der Waals surface area contributed by atoms with Gasteiger partial charge in [0.2, 0.25) is 0 Å². The predicted octanol–water partition coefficient (Wildman–Crippen LogP) is 7.24. The zero-order valence-corrected chi connectivity index (χ0v) is 23.9. The van der Waals surface area contributed by atoms with E-state index in [1.54, 1.807) is 30.5 Å². The molecule has 1 fully saturated rings. The second-order valence-corrected chi connectivity index (χ2v) is 10.8. The van der Waals surface area contributed by atoms with Crippen LogP contribution in [0.5, 0.6) is 0 Å². The lowest BCUT2D eigenvalue weighted by molar-refractivity contribution is -0.137. The normalized spacial score (nSPS) is 18.9. The van der Waals surface area contributed by atoms with Gasteiger partial charge in [0.15, 0.2) is 5.54 Å². The molecule has 3 heterocycles. The Labute approximate surface area is 250 Å². The van der Waals surface area contributed by atoms with Gasteiger partial charge in [0.25, 0.3) is 0 Å². The first-order valence-corrected chi connectivity index (χ1v) is 14.1. The zero-order chi connectivity index (χ0) is 30.2. The second kappa shape index (κ2) is 11.3. The molecule has 3 aromatic carbocycles. The second-order valence-electron chi connectivity index (χ2n) is 10.4. The van der Waals surface area contributed by atoms with Crippen molar-refractivity contribution in [3.05, 3.63) is 94.9 Å². The van der Waals surface area contributed by atoms with E-state index in [0.29, 0.717) is 11.5 Å². The van der Waals surface area contributed by atoms with E-state index in [0.717, 1.165) is 67.1 Å². The van der Waals surface area contributed by atoms with Crippen LogP contribution < -0.4 is 15.5 Å². The van der Waals surface area contributed by atoms with Crippen LogP contribution in [0.3, 0.4) is 0 Å². The van der Waals surface area contributed by atoms with Crippen LogP contribution in [0.15, 0.2) is 83.2 Å². The van der Waals surface area contributed by atoms with Crippen LogP contribution in [0.4, 0.5) is 35.0 Å². The number of benzene rings is 3. The quantitative estimate of drug-likeness (QED) is 0.215.